The van der Waals surface area contributed by atoms with Gasteiger partial charge in [0.1, 0.15) is 11.6 Å². The minimum atomic E-state index is -0.340. The molecule has 0 fully saturated rings. The molecule has 1 aromatic carbocycles. The van der Waals surface area contributed by atoms with Crippen LogP contribution in [0.15, 0.2) is 30.5 Å². The molecule has 2 rings (SSSR count). The van der Waals surface area contributed by atoms with Gasteiger partial charge in [-0.05, 0) is 24.6 Å². The maximum Gasteiger partial charge on any atom is 0.251 e. The molecule has 2 aromatic rings. The summed E-state index contributed by atoms with van der Waals surface area (Å²) in [7, 11) is 0. The molecule has 0 atom stereocenters. The van der Waals surface area contributed by atoms with Crippen molar-refractivity contribution < 1.29 is 15.0 Å². The standard InChI is InChI=1S/C16H18N4O3/c1-9-14(22)13(8-21)12(6-19-9)7-20-16(23)11-4-2-10(3-5-11)15(17)18/h2-6,21-22H,7-8H2,1H3,(H3,17,18)(H,20,23). The minimum Gasteiger partial charge on any atom is -0.506 e. The SMILES string of the molecule is Cc1ncc(CNC(=O)c2ccc(C(=N)N)cc2)c(CO)c1O. The Labute approximate surface area is 133 Å². The van der Waals surface area contributed by atoms with Crippen molar-refractivity contribution in [3.8, 4) is 5.75 Å². The number of nitrogens with one attached hydrogen (secondary N) is 2. The lowest BCUT2D eigenvalue weighted by molar-refractivity contribution is 0.0950. The van der Waals surface area contributed by atoms with Gasteiger partial charge in [-0.3, -0.25) is 15.2 Å². The zero-order chi connectivity index (χ0) is 17.0. The molecule has 0 aliphatic rings. The molecule has 0 saturated heterocycles. The Morgan fingerprint density at radius 2 is 1.91 bits per heavy atom. The first-order valence-corrected chi connectivity index (χ1v) is 6.94. The highest BCUT2D eigenvalue weighted by Crippen LogP contribution is 2.23. The molecule has 7 nitrogen and oxygen atoms in total. The van der Waals surface area contributed by atoms with Gasteiger partial charge in [0.2, 0.25) is 0 Å². The van der Waals surface area contributed by atoms with Crippen LogP contribution in [0.3, 0.4) is 0 Å². The maximum absolute atomic E-state index is 12.1. The number of amides is 1. The van der Waals surface area contributed by atoms with E-state index in [1.807, 2.05) is 0 Å². The fourth-order valence-corrected chi connectivity index (χ4v) is 2.09. The van der Waals surface area contributed by atoms with Crippen LogP contribution in [0.5, 0.6) is 5.75 Å². The zero-order valence-corrected chi connectivity index (χ0v) is 12.6. The molecule has 0 unspecified atom stereocenters. The van der Waals surface area contributed by atoms with Crippen LogP contribution in [-0.4, -0.2) is 26.9 Å². The number of hydrogen-bond donors (Lipinski definition) is 5. The predicted molar refractivity (Wildman–Crippen MR) is 85.2 cm³/mol. The lowest BCUT2D eigenvalue weighted by atomic mass is 10.1. The number of benzene rings is 1. The van der Waals surface area contributed by atoms with Gasteiger partial charge in [-0.1, -0.05) is 12.1 Å². The first-order valence-electron chi connectivity index (χ1n) is 6.94. The van der Waals surface area contributed by atoms with E-state index in [0.717, 1.165) is 0 Å². The third-order valence-corrected chi connectivity index (χ3v) is 3.49. The first-order chi connectivity index (χ1) is 10.9. The van der Waals surface area contributed by atoms with Gasteiger partial charge in [0.05, 0.1) is 12.3 Å². The molecule has 7 heteroatoms. The molecule has 0 bridgehead atoms. The van der Waals surface area contributed by atoms with Crippen molar-refractivity contribution in [2.24, 2.45) is 5.73 Å². The molecule has 6 N–H and O–H groups in total. The number of nitrogen functional groups attached to an aromatic ring is 1. The molecule has 1 amide bonds. The third-order valence-electron chi connectivity index (χ3n) is 3.49. The number of rotatable bonds is 5. The molecule has 1 aromatic heterocycles. The Balaban J connectivity index is 2.10. The molecule has 0 aliphatic carbocycles. The quantitative estimate of drug-likeness (QED) is 0.411. The van der Waals surface area contributed by atoms with E-state index in [1.54, 1.807) is 31.2 Å². The largest absolute Gasteiger partial charge is 0.506 e. The van der Waals surface area contributed by atoms with E-state index in [-0.39, 0.29) is 30.6 Å². The van der Waals surface area contributed by atoms with Crippen molar-refractivity contribution >= 4 is 11.7 Å². The third kappa shape index (κ3) is 3.64. The van der Waals surface area contributed by atoms with Crippen LogP contribution in [0, 0.1) is 12.3 Å². The predicted octanol–water partition coefficient (Wildman–Crippen LogP) is 0.802. The van der Waals surface area contributed by atoms with Gasteiger partial charge in [-0.15, -0.1) is 0 Å². The summed E-state index contributed by atoms with van der Waals surface area (Å²) in [4.78, 5) is 16.1. The lowest BCUT2D eigenvalue weighted by Crippen LogP contribution is -2.24. The summed E-state index contributed by atoms with van der Waals surface area (Å²) >= 11 is 0. The van der Waals surface area contributed by atoms with E-state index in [0.29, 0.717) is 27.9 Å². The average molecular weight is 314 g/mol. The second kappa shape index (κ2) is 6.89. The van der Waals surface area contributed by atoms with Crippen LogP contribution in [0.2, 0.25) is 0 Å². The van der Waals surface area contributed by atoms with Crippen molar-refractivity contribution in [3.05, 3.63) is 58.4 Å². The van der Waals surface area contributed by atoms with Crippen LogP contribution >= 0.6 is 0 Å². The number of carbonyl (C=O) groups is 1. The minimum absolute atomic E-state index is 0.0641. The molecule has 0 aliphatic heterocycles. The summed E-state index contributed by atoms with van der Waals surface area (Å²) in [6.45, 7) is 1.42. The highest BCUT2D eigenvalue weighted by molar-refractivity contribution is 5.98. The second-order valence-corrected chi connectivity index (χ2v) is 5.03. The van der Waals surface area contributed by atoms with Crippen molar-refractivity contribution in [1.29, 1.82) is 5.41 Å². The van der Waals surface area contributed by atoms with E-state index in [1.165, 1.54) is 6.20 Å². The van der Waals surface area contributed by atoms with Gasteiger partial charge in [-0.2, -0.15) is 0 Å². The zero-order valence-electron chi connectivity index (χ0n) is 12.6. The topological polar surface area (TPSA) is 132 Å². The molecular formula is C16H18N4O3. The fraction of sp³-hybridized carbons (Fsp3) is 0.188. The molecule has 0 radical (unpaired) electrons. The highest BCUT2D eigenvalue weighted by Gasteiger charge is 2.12. The number of aryl methyl sites for hydroxylation is 1. The van der Waals surface area contributed by atoms with Gasteiger partial charge in [0.15, 0.2) is 0 Å². The van der Waals surface area contributed by atoms with Gasteiger partial charge < -0.3 is 21.3 Å². The molecule has 23 heavy (non-hydrogen) atoms. The van der Waals surface area contributed by atoms with Crippen LogP contribution < -0.4 is 11.1 Å². The van der Waals surface area contributed by atoms with Gasteiger partial charge in [-0.25, -0.2) is 0 Å². The number of aliphatic hydroxyl groups is 1. The monoisotopic (exact) mass is 314 g/mol. The average Bonchev–Trinajstić information content (AvgIpc) is 2.55. The summed E-state index contributed by atoms with van der Waals surface area (Å²) in [5, 5.41) is 29.2. The van der Waals surface area contributed by atoms with Crippen molar-refractivity contribution in [2.75, 3.05) is 0 Å². The van der Waals surface area contributed by atoms with Crippen LogP contribution in [0.4, 0.5) is 0 Å². The molecule has 0 spiro atoms. The van der Waals surface area contributed by atoms with E-state index >= 15 is 0 Å². The molecule has 120 valence electrons. The summed E-state index contributed by atoms with van der Waals surface area (Å²) in [5.74, 6) is -0.445. The van der Waals surface area contributed by atoms with E-state index < -0.39 is 0 Å². The highest BCUT2D eigenvalue weighted by atomic mass is 16.3. The van der Waals surface area contributed by atoms with Crippen molar-refractivity contribution in [3.63, 3.8) is 0 Å². The number of pyridine rings is 1. The first kappa shape index (κ1) is 16.4. The Morgan fingerprint density at radius 1 is 1.30 bits per heavy atom. The van der Waals surface area contributed by atoms with Gasteiger partial charge >= 0.3 is 0 Å². The Bertz CT molecular complexity index is 742. The summed E-state index contributed by atoms with van der Waals surface area (Å²) < 4.78 is 0. The summed E-state index contributed by atoms with van der Waals surface area (Å²) in [6, 6.07) is 6.33. The summed E-state index contributed by atoms with van der Waals surface area (Å²) in [6.07, 6.45) is 1.51. The number of nitrogens with two attached hydrogens (primary N) is 1. The number of aromatic hydroxyl groups is 1. The molecule has 0 saturated carbocycles. The molecular weight excluding hydrogens is 296 g/mol. The Morgan fingerprint density at radius 3 is 2.48 bits per heavy atom. The van der Waals surface area contributed by atoms with E-state index in [4.69, 9.17) is 11.1 Å². The van der Waals surface area contributed by atoms with Crippen LogP contribution in [0.1, 0.15) is 32.7 Å². The van der Waals surface area contributed by atoms with Crippen LogP contribution in [0.25, 0.3) is 0 Å². The second-order valence-electron chi connectivity index (χ2n) is 5.03. The van der Waals surface area contributed by atoms with Crippen LogP contribution in [-0.2, 0) is 13.2 Å². The number of amidine groups is 1. The number of aliphatic hydroxyl groups excluding tert-OH is 1. The number of nitrogens with zero attached hydrogens (tertiary/aromatic N) is 1. The normalized spacial score (nSPS) is 10.3. The fourth-order valence-electron chi connectivity index (χ4n) is 2.09. The maximum atomic E-state index is 12.1. The van der Waals surface area contributed by atoms with E-state index in [2.05, 4.69) is 10.3 Å². The van der Waals surface area contributed by atoms with Gasteiger partial charge in [0.25, 0.3) is 5.91 Å². The lowest BCUT2D eigenvalue weighted by Gasteiger charge is -2.12. The number of hydrogen-bond acceptors (Lipinski definition) is 5. The molecule has 1 heterocycles. The number of aromatic nitrogens is 1. The number of carbonyl (C=O) groups excluding carboxylic acids is 1. The Hall–Kier alpha value is -2.93. The van der Waals surface area contributed by atoms with E-state index in [9.17, 15) is 15.0 Å². The van der Waals surface area contributed by atoms with Gasteiger partial charge in [0, 0.05) is 29.4 Å². The van der Waals surface area contributed by atoms with Crippen molar-refractivity contribution in [1.82, 2.24) is 10.3 Å². The summed E-state index contributed by atoms with van der Waals surface area (Å²) in [5.41, 5.74) is 7.64. The smallest absolute Gasteiger partial charge is 0.251 e. The Kier molecular flexibility index (Phi) is 4.92. The van der Waals surface area contributed by atoms with Crippen molar-refractivity contribution in [2.45, 2.75) is 20.1 Å².